The van der Waals surface area contributed by atoms with Crippen LogP contribution in [0, 0.1) is 6.92 Å². The van der Waals surface area contributed by atoms with Crippen LogP contribution in [0.15, 0.2) is 42.5 Å². The summed E-state index contributed by atoms with van der Waals surface area (Å²) < 4.78 is 0. The molecule has 0 saturated heterocycles. The quantitative estimate of drug-likeness (QED) is 0.837. The Kier molecular flexibility index (Phi) is 4.24. The van der Waals surface area contributed by atoms with Gasteiger partial charge in [-0.2, -0.15) is 0 Å². The molecule has 3 N–H and O–H groups in total. The lowest BCUT2D eigenvalue weighted by Gasteiger charge is -2.24. The molecule has 1 amide bonds. The van der Waals surface area contributed by atoms with Gasteiger partial charge in [0.1, 0.15) is 0 Å². The summed E-state index contributed by atoms with van der Waals surface area (Å²) in [5.41, 5.74) is 8.26. The van der Waals surface area contributed by atoms with Crippen LogP contribution in [0.5, 0.6) is 0 Å². The van der Waals surface area contributed by atoms with E-state index < -0.39 is 5.41 Å². The Labute approximate surface area is 130 Å². The van der Waals surface area contributed by atoms with Crippen LogP contribution in [0.3, 0.4) is 0 Å². The highest BCUT2D eigenvalue weighted by Crippen LogP contribution is 2.28. The highest BCUT2D eigenvalue weighted by molar-refractivity contribution is 6.33. The van der Waals surface area contributed by atoms with Crippen LogP contribution < -0.4 is 11.1 Å². The molecule has 3 nitrogen and oxygen atoms in total. The average Bonchev–Trinajstić information content (AvgIpc) is 2.43. The van der Waals surface area contributed by atoms with Crippen LogP contribution in [0.25, 0.3) is 0 Å². The number of hydrogen-bond donors (Lipinski definition) is 2. The third kappa shape index (κ3) is 3.37. The minimum absolute atomic E-state index is 0.111. The molecule has 21 heavy (non-hydrogen) atoms. The van der Waals surface area contributed by atoms with Gasteiger partial charge in [-0.1, -0.05) is 29.8 Å². The van der Waals surface area contributed by atoms with E-state index in [-0.39, 0.29) is 5.91 Å². The molecule has 0 aliphatic carbocycles. The fourth-order valence-electron chi connectivity index (χ4n) is 2.04. The van der Waals surface area contributed by atoms with Crippen LogP contribution in [-0.4, -0.2) is 5.91 Å². The number of nitrogen functional groups attached to an aromatic ring is 1. The number of aryl methyl sites for hydroxylation is 1. The second-order valence-electron chi connectivity index (χ2n) is 5.68. The van der Waals surface area contributed by atoms with Crippen molar-refractivity contribution < 1.29 is 4.79 Å². The van der Waals surface area contributed by atoms with Gasteiger partial charge in [-0.3, -0.25) is 4.79 Å². The summed E-state index contributed by atoms with van der Waals surface area (Å²) in [6.45, 7) is 5.70. The molecule has 2 aromatic rings. The molecule has 0 aromatic heterocycles. The minimum Gasteiger partial charge on any atom is -0.399 e. The number of halogens is 1. The van der Waals surface area contributed by atoms with Gasteiger partial charge < -0.3 is 11.1 Å². The predicted molar refractivity (Wildman–Crippen MR) is 88.7 cm³/mol. The molecule has 0 heterocycles. The minimum atomic E-state index is -0.680. The Hall–Kier alpha value is -2.00. The van der Waals surface area contributed by atoms with Crippen LogP contribution in [0.4, 0.5) is 11.4 Å². The first-order chi connectivity index (χ1) is 9.80. The lowest BCUT2D eigenvalue weighted by atomic mass is 9.83. The van der Waals surface area contributed by atoms with Gasteiger partial charge in [-0.25, -0.2) is 0 Å². The number of nitrogens with one attached hydrogen (secondary N) is 1. The zero-order valence-corrected chi connectivity index (χ0v) is 13.2. The summed E-state index contributed by atoms with van der Waals surface area (Å²) in [6.07, 6.45) is 0. The SMILES string of the molecule is Cc1ccc(Cl)c(NC(=O)C(C)(C)c2ccc(N)cc2)c1. The van der Waals surface area contributed by atoms with E-state index in [2.05, 4.69) is 5.32 Å². The third-order valence-corrected chi connectivity index (χ3v) is 3.90. The van der Waals surface area contributed by atoms with E-state index in [9.17, 15) is 4.79 Å². The molecule has 0 spiro atoms. The summed E-state index contributed by atoms with van der Waals surface area (Å²) in [7, 11) is 0. The van der Waals surface area contributed by atoms with E-state index >= 15 is 0 Å². The molecule has 0 unspecified atom stereocenters. The van der Waals surface area contributed by atoms with Crippen molar-refractivity contribution in [3.05, 3.63) is 58.6 Å². The fourth-order valence-corrected chi connectivity index (χ4v) is 2.21. The Balaban J connectivity index is 2.26. The molecule has 4 heteroatoms. The van der Waals surface area contributed by atoms with Gasteiger partial charge in [0.2, 0.25) is 5.91 Å². The maximum Gasteiger partial charge on any atom is 0.234 e. The topological polar surface area (TPSA) is 55.1 Å². The molecule has 0 radical (unpaired) electrons. The fraction of sp³-hybridized carbons (Fsp3) is 0.235. The lowest BCUT2D eigenvalue weighted by molar-refractivity contribution is -0.120. The number of amides is 1. The molecule has 0 atom stereocenters. The first-order valence-corrected chi connectivity index (χ1v) is 7.12. The first-order valence-electron chi connectivity index (χ1n) is 6.74. The van der Waals surface area contributed by atoms with Crippen molar-refractivity contribution in [3.8, 4) is 0 Å². The molecular weight excluding hydrogens is 284 g/mol. The monoisotopic (exact) mass is 302 g/mol. The largest absolute Gasteiger partial charge is 0.399 e. The molecule has 2 rings (SSSR count). The van der Waals surface area contributed by atoms with Gasteiger partial charge in [0.15, 0.2) is 0 Å². The second kappa shape index (κ2) is 5.78. The van der Waals surface area contributed by atoms with E-state index in [1.165, 1.54) is 0 Å². The maximum atomic E-state index is 12.6. The molecule has 2 aromatic carbocycles. The Morgan fingerprint density at radius 2 is 1.76 bits per heavy atom. The zero-order valence-electron chi connectivity index (χ0n) is 12.4. The maximum absolute atomic E-state index is 12.6. The molecule has 0 saturated carbocycles. The second-order valence-corrected chi connectivity index (χ2v) is 6.09. The van der Waals surface area contributed by atoms with Crippen LogP contribution in [0.1, 0.15) is 25.0 Å². The average molecular weight is 303 g/mol. The highest BCUT2D eigenvalue weighted by Gasteiger charge is 2.30. The van der Waals surface area contributed by atoms with Crippen LogP contribution >= 0.6 is 11.6 Å². The van der Waals surface area contributed by atoms with Crippen molar-refractivity contribution in [1.29, 1.82) is 0 Å². The third-order valence-electron chi connectivity index (χ3n) is 3.57. The lowest BCUT2D eigenvalue weighted by Crippen LogP contribution is -2.34. The number of carbonyl (C=O) groups is 1. The van der Waals surface area contributed by atoms with Crippen molar-refractivity contribution in [3.63, 3.8) is 0 Å². The molecule has 0 fully saturated rings. The highest BCUT2D eigenvalue weighted by atomic mass is 35.5. The smallest absolute Gasteiger partial charge is 0.234 e. The van der Waals surface area contributed by atoms with Gasteiger partial charge >= 0.3 is 0 Å². The van der Waals surface area contributed by atoms with Crippen molar-refractivity contribution in [2.75, 3.05) is 11.1 Å². The van der Waals surface area contributed by atoms with E-state index in [0.717, 1.165) is 11.1 Å². The predicted octanol–water partition coefficient (Wildman–Crippen LogP) is 4.15. The Morgan fingerprint density at radius 3 is 2.38 bits per heavy atom. The Bertz CT molecular complexity index is 663. The van der Waals surface area contributed by atoms with Gasteiger partial charge in [-0.05, 0) is 56.2 Å². The standard InChI is InChI=1S/C17H19ClN2O/c1-11-4-9-14(18)15(10-11)20-16(21)17(2,3)12-5-7-13(19)8-6-12/h4-10H,19H2,1-3H3,(H,20,21). The summed E-state index contributed by atoms with van der Waals surface area (Å²) >= 11 is 6.13. The van der Waals surface area contributed by atoms with E-state index in [1.54, 1.807) is 18.2 Å². The molecular formula is C17H19ClN2O. The molecule has 110 valence electrons. The van der Waals surface area contributed by atoms with Crippen LogP contribution in [0.2, 0.25) is 5.02 Å². The van der Waals surface area contributed by atoms with Crippen molar-refractivity contribution >= 4 is 28.9 Å². The van der Waals surface area contributed by atoms with E-state index in [1.807, 2.05) is 45.0 Å². The summed E-state index contributed by atoms with van der Waals surface area (Å²) in [4.78, 5) is 12.6. The van der Waals surface area contributed by atoms with Crippen molar-refractivity contribution in [1.82, 2.24) is 0 Å². The molecule has 0 aliphatic rings. The summed E-state index contributed by atoms with van der Waals surface area (Å²) in [5, 5.41) is 3.43. The number of benzene rings is 2. The number of anilines is 2. The van der Waals surface area contributed by atoms with Crippen molar-refractivity contribution in [2.45, 2.75) is 26.2 Å². The van der Waals surface area contributed by atoms with Gasteiger partial charge in [0, 0.05) is 5.69 Å². The number of hydrogen-bond acceptors (Lipinski definition) is 2. The first kappa shape index (κ1) is 15.4. The van der Waals surface area contributed by atoms with Gasteiger partial charge in [0.25, 0.3) is 0 Å². The number of rotatable bonds is 3. The Morgan fingerprint density at radius 1 is 1.14 bits per heavy atom. The summed E-state index contributed by atoms with van der Waals surface area (Å²) in [5.74, 6) is -0.111. The molecule has 0 bridgehead atoms. The van der Waals surface area contributed by atoms with Crippen molar-refractivity contribution in [2.24, 2.45) is 0 Å². The van der Waals surface area contributed by atoms with Gasteiger partial charge in [0.05, 0.1) is 16.1 Å². The summed E-state index contributed by atoms with van der Waals surface area (Å²) in [6, 6.07) is 12.9. The number of nitrogens with two attached hydrogens (primary N) is 1. The van der Waals surface area contributed by atoms with Gasteiger partial charge in [-0.15, -0.1) is 0 Å². The number of carbonyl (C=O) groups excluding carboxylic acids is 1. The zero-order chi connectivity index (χ0) is 15.6. The normalized spacial score (nSPS) is 11.2. The molecule has 0 aliphatic heterocycles. The van der Waals surface area contributed by atoms with Crippen LogP contribution in [-0.2, 0) is 10.2 Å². The van der Waals surface area contributed by atoms with E-state index in [4.69, 9.17) is 17.3 Å². The van der Waals surface area contributed by atoms with E-state index in [0.29, 0.717) is 16.4 Å².